The Hall–Kier alpha value is -3.69. The topological polar surface area (TPSA) is 117 Å². The molecule has 0 unspecified atom stereocenters. The minimum absolute atomic E-state index is 0.0752. The van der Waals surface area contributed by atoms with Gasteiger partial charge in [0, 0.05) is 28.9 Å². The third-order valence-corrected chi connectivity index (χ3v) is 6.06. The summed E-state index contributed by atoms with van der Waals surface area (Å²) >= 11 is 5.83. The first-order chi connectivity index (χ1) is 15.6. The minimum atomic E-state index is -3.91. The summed E-state index contributed by atoms with van der Waals surface area (Å²) in [7, 11) is -3.91. The van der Waals surface area contributed by atoms with Crippen LogP contribution in [0.1, 0.15) is 29.8 Å². The maximum absolute atomic E-state index is 12.7. The number of carbonyl (C=O) groups is 2. The summed E-state index contributed by atoms with van der Waals surface area (Å²) in [6.45, 7) is 3.11. The normalized spacial score (nSPS) is 11.5. The number of benzene rings is 3. The van der Waals surface area contributed by atoms with Crippen molar-refractivity contribution in [1.82, 2.24) is 5.43 Å². The SMILES string of the molecule is CC(=O)Nc1cccc(/C(C)=N/NC(=O)c2cccc(S(=O)(=O)Nc3ccc(Cl)cc3)c2)c1. The first-order valence-corrected chi connectivity index (χ1v) is 11.6. The third kappa shape index (κ3) is 6.64. The van der Waals surface area contributed by atoms with Crippen LogP contribution in [0.25, 0.3) is 0 Å². The standard InChI is InChI=1S/C23H21ClN4O4S/c1-15(17-5-3-7-21(13-17)25-16(2)29)26-27-23(30)18-6-4-8-22(14-18)33(31,32)28-20-11-9-19(24)10-12-20/h3-14,28H,1-2H3,(H,25,29)(H,27,30)/b26-15+. The van der Waals surface area contributed by atoms with Crippen LogP contribution in [0, 0.1) is 0 Å². The molecule has 0 aromatic heterocycles. The molecule has 0 atom stereocenters. The molecule has 10 heteroatoms. The average Bonchev–Trinajstić information content (AvgIpc) is 2.78. The molecule has 0 heterocycles. The molecule has 3 rings (SSSR count). The van der Waals surface area contributed by atoms with Crippen molar-refractivity contribution in [2.24, 2.45) is 5.10 Å². The van der Waals surface area contributed by atoms with Gasteiger partial charge in [-0.05, 0) is 67.1 Å². The predicted molar refractivity (Wildman–Crippen MR) is 129 cm³/mol. The van der Waals surface area contributed by atoms with E-state index in [0.717, 1.165) is 0 Å². The van der Waals surface area contributed by atoms with Gasteiger partial charge in [-0.3, -0.25) is 14.3 Å². The molecule has 0 aliphatic carbocycles. The van der Waals surface area contributed by atoms with Crippen molar-refractivity contribution in [1.29, 1.82) is 0 Å². The zero-order chi connectivity index (χ0) is 24.0. The molecular formula is C23H21ClN4O4S. The number of anilines is 2. The lowest BCUT2D eigenvalue weighted by molar-refractivity contribution is -0.114. The number of carbonyl (C=O) groups excluding carboxylic acids is 2. The highest BCUT2D eigenvalue weighted by molar-refractivity contribution is 7.92. The maximum atomic E-state index is 12.7. The number of hydrazone groups is 1. The van der Waals surface area contributed by atoms with Crippen LogP contribution in [0.4, 0.5) is 11.4 Å². The van der Waals surface area contributed by atoms with Crippen molar-refractivity contribution in [3.63, 3.8) is 0 Å². The van der Waals surface area contributed by atoms with E-state index in [2.05, 4.69) is 20.6 Å². The molecule has 0 saturated carbocycles. The van der Waals surface area contributed by atoms with Crippen LogP contribution in [0.5, 0.6) is 0 Å². The lowest BCUT2D eigenvalue weighted by Gasteiger charge is -2.09. The van der Waals surface area contributed by atoms with E-state index in [1.54, 1.807) is 43.3 Å². The molecule has 0 aliphatic rings. The van der Waals surface area contributed by atoms with E-state index in [9.17, 15) is 18.0 Å². The highest BCUT2D eigenvalue weighted by atomic mass is 35.5. The van der Waals surface area contributed by atoms with E-state index >= 15 is 0 Å². The van der Waals surface area contributed by atoms with Gasteiger partial charge in [0.15, 0.2) is 0 Å². The summed E-state index contributed by atoms with van der Waals surface area (Å²) in [5, 5.41) is 7.25. The van der Waals surface area contributed by atoms with Gasteiger partial charge in [0.05, 0.1) is 10.6 Å². The Bertz CT molecular complexity index is 1320. The Morgan fingerprint density at radius 1 is 0.848 bits per heavy atom. The van der Waals surface area contributed by atoms with Gasteiger partial charge in [-0.1, -0.05) is 29.8 Å². The smallest absolute Gasteiger partial charge is 0.271 e. The van der Waals surface area contributed by atoms with Gasteiger partial charge in [0.2, 0.25) is 5.91 Å². The van der Waals surface area contributed by atoms with Crippen molar-refractivity contribution in [2.45, 2.75) is 18.7 Å². The number of hydrogen-bond acceptors (Lipinski definition) is 5. The Morgan fingerprint density at radius 2 is 1.52 bits per heavy atom. The van der Waals surface area contributed by atoms with Crippen LogP contribution in [0.15, 0.2) is 82.8 Å². The van der Waals surface area contributed by atoms with Crippen LogP contribution in [-0.4, -0.2) is 25.9 Å². The minimum Gasteiger partial charge on any atom is -0.326 e. The van der Waals surface area contributed by atoms with E-state index in [4.69, 9.17) is 11.6 Å². The van der Waals surface area contributed by atoms with Crippen LogP contribution in [0.3, 0.4) is 0 Å². The summed E-state index contributed by atoms with van der Waals surface area (Å²) in [5.74, 6) is -0.772. The van der Waals surface area contributed by atoms with Crippen molar-refractivity contribution < 1.29 is 18.0 Å². The fourth-order valence-corrected chi connectivity index (χ4v) is 4.06. The highest BCUT2D eigenvalue weighted by Crippen LogP contribution is 2.19. The van der Waals surface area contributed by atoms with E-state index in [1.807, 2.05) is 0 Å². The Kier molecular flexibility index (Phi) is 7.47. The van der Waals surface area contributed by atoms with Crippen LogP contribution >= 0.6 is 11.6 Å². The van der Waals surface area contributed by atoms with Gasteiger partial charge in [-0.2, -0.15) is 5.10 Å². The van der Waals surface area contributed by atoms with Crippen molar-refractivity contribution in [3.8, 4) is 0 Å². The first kappa shape index (κ1) is 24.0. The van der Waals surface area contributed by atoms with Crippen molar-refractivity contribution in [2.75, 3.05) is 10.0 Å². The zero-order valence-corrected chi connectivity index (χ0v) is 19.4. The fourth-order valence-electron chi connectivity index (χ4n) is 2.83. The molecule has 0 saturated heterocycles. The number of nitrogens with zero attached hydrogens (tertiary/aromatic N) is 1. The Morgan fingerprint density at radius 3 is 2.21 bits per heavy atom. The van der Waals surface area contributed by atoms with Gasteiger partial charge in [0.1, 0.15) is 0 Å². The second kappa shape index (κ2) is 10.3. The molecule has 3 aromatic rings. The second-order valence-corrected chi connectivity index (χ2v) is 9.16. The molecule has 3 aromatic carbocycles. The molecule has 0 fully saturated rings. The zero-order valence-electron chi connectivity index (χ0n) is 17.8. The van der Waals surface area contributed by atoms with Crippen molar-refractivity contribution >= 4 is 50.5 Å². The predicted octanol–water partition coefficient (Wildman–Crippen LogP) is 4.25. The van der Waals surface area contributed by atoms with E-state index < -0.39 is 15.9 Å². The molecule has 2 amide bonds. The summed E-state index contributed by atoms with van der Waals surface area (Å²) in [6.07, 6.45) is 0. The lowest BCUT2D eigenvalue weighted by Crippen LogP contribution is -2.20. The summed E-state index contributed by atoms with van der Waals surface area (Å²) < 4.78 is 27.8. The lowest BCUT2D eigenvalue weighted by atomic mass is 10.1. The van der Waals surface area contributed by atoms with Gasteiger partial charge >= 0.3 is 0 Å². The van der Waals surface area contributed by atoms with Gasteiger partial charge in [-0.15, -0.1) is 0 Å². The third-order valence-electron chi connectivity index (χ3n) is 4.43. The first-order valence-electron chi connectivity index (χ1n) is 9.75. The van der Waals surface area contributed by atoms with Gasteiger partial charge in [0.25, 0.3) is 15.9 Å². The largest absolute Gasteiger partial charge is 0.326 e. The number of nitrogens with one attached hydrogen (secondary N) is 3. The average molecular weight is 485 g/mol. The fraction of sp³-hybridized carbons (Fsp3) is 0.0870. The quantitative estimate of drug-likeness (QED) is 0.343. The molecule has 8 nitrogen and oxygen atoms in total. The Balaban J connectivity index is 1.74. The molecule has 170 valence electrons. The van der Waals surface area contributed by atoms with E-state index in [1.165, 1.54) is 43.3 Å². The summed E-state index contributed by atoms with van der Waals surface area (Å²) in [4.78, 5) is 23.7. The molecule has 3 N–H and O–H groups in total. The number of sulfonamides is 1. The molecule has 0 radical (unpaired) electrons. The highest BCUT2D eigenvalue weighted by Gasteiger charge is 2.16. The molecule has 0 spiro atoms. The van der Waals surface area contributed by atoms with Crippen LogP contribution < -0.4 is 15.5 Å². The maximum Gasteiger partial charge on any atom is 0.271 e. The number of amides is 2. The second-order valence-electron chi connectivity index (χ2n) is 7.04. The summed E-state index contributed by atoms with van der Waals surface area (Å²) in [5.41, 5.74) is 4.70. The van der Waals surface area contributed by atoms with Crippen molar-refractivity contribution in [3.05, 3.63) is 88.9 Å². The van der Waals surface area contributed by atoms with E-state index in [0.29, 0.717) is 27.7 Å². The van der Waals surface area contributed by atoms with Gasteiger partial charge in [-0.25, -0.2) is 13.8 Å². The van der Waals surface area contributed by atoms with Crippen LogP contribution in [0.2, 0.25) is 5.02 Å². The van der Waals surface area contributed by atoms with Crippen LogP contribution in [-0.2, 0) is 14.8 Å². The Labute approximate surface area is 196 Å². The monoisotopic (exact) mass is 484 g/mol. The molecule has 0 bridgehead atoms. The van der Waals surface area contributed by atoms with E-state index in [-0.39, 0.29) is 16.4 Å². The number of halogens is 1. The van der Waals surface area contributed by atoms with Gasteiger partial charge < -0.3 is 5.32 Å². The number of rotatable bonds is 7. The summed E-state index contributed by atoms with van der Waals surface area (Å²) in [6, 6.07) is 18.8. The molecule has 33 heavy (non-hydrogen) atoms. The molecule has 0 aliphatic heterocycles. The molecular weight excluding hydrogens is 464 g/mol. The number of hydrogen-bond donors (Lipinski definition) is 3.